The zero-order valence-electron chi connectivity index (χ0n) is 14.8. The average molecular weight is 415 g/mol. The predicted octanol–water partition coefficient (Wildman–Crippen LogP) is 3.00. The largest absolute Gasteiger partial charge is 0.462 e. The van der Waals surface area contributed by atoms with Crippen LogP contribution in [0.4, 0.5) is 18.9 Å². The highest BCUT2D eigenvalue weighted by Gasteiger charge is 2.30. The van der Waals surface area contributed by atoms with Crippen molar-refractivity contribution in [3.63, 3.8) is 0 Å². The lowest BCUT2D eigenvalue weighted by Crippen LogP contribution is -2.21. The Kier molecular flexibility index (Phi) is 6.84. The van der Waals surface area contributed by atoms with Gasteiger partial charge in [-0.05, 0) is 38.1 Å². The van der Waals surface area contributed by atoms with Crippen molar-refractivity contribution in [2.45, 2.75) is 25.0 Å². The molecule has 2 N–H and O–H groups in total. The Morgan fingerprint density at radius 3 is 2.46 bits per heavy atom. The smallest absolute Gasteiger partial charge is 0.416 e. The Balaban J connectivity index is 2.08. The minimum atomic E-state index is -4.47. The van der Waals surface area contributed by atoms with E-state index < -0.39 is 29.3 Å². The third kappa shape index (κ3) is 5.59. The Morgan fingerprint density at radius 1 is 1.25 bits per heavy atom. The minimum absolute atomic E-state index is 0.0299. The third-order valence-electron chi connectivity index (χ3n) is 3.40. The van der Waals surface area contributed by atoms with E-state index in [4.69, 9.17) is 4.74 Å². The third-order valence-corrected chi connectivity index (χ3v) is 4.38. The highest BCUT2D eigenvalue weighted by molar-refractivity contribution is 8.00. The summed E-state index contributed by atoms with van der Waals surface area (Å²) in [4.78, 5) is 41.8. The summed E-state index contributed by atoms with van der Waals surface area (Å²) in [6.07, 6.45) is -4.47. The molecule has 0 atom stereocenters. The maximum Gasteiger partial charge on any atom is 0.416 e. The molecule has 0 saturated heterocycles. The predicted molar refractivity (Wildman–Crippen MR) is 96.3 cm³/mol. The number of hydrogen-bond donors (Lipinski definition) is 2. The van der Waals surface area contributed by atoms with Crippen LogP contribution in [0.2, 0.25) is 0 Å². The monoisotopic (exact) mass is 415 g/mol. The number of H-pyrrole nitrogens is 1. The number of thioether (sulfide) groups is 1. The van der Waals surface area contributed by atoms with Gasteiger partial charge in [-0.15, -0.1) is 0 Å². The molecule has 0 aliphatic carbocycles. The second-order valence-corrected chi connectivity index (χ2v) is 6.44. The highest BCUT2D eigenvalue weighted by atomic mass is 32.2. The average Bonchev–Trinajstić information content (AvgIpc) is 2.59. The first-order valence-corrected chi connectivity index (χ1v) is 8.98. The van der Waals surface area contributed by atoms with Crippen molar-refractivity contribution in [1.29, 1.82) is 0 Å². The van der Waals surface area contributed by atoms with E-state index in [0.29, 0.717) is 0 Å². The lowest BCUT2D eigenvalue weighted by Gasteiger charge is -2.10. The summed E-state index contributed by atoms with van der Waals surface area (Å²) in [6, 6.07) is 3.96. The molecule has 0 radical (unpaired) electrons. The molecule has 11 heteroatoms. The maximum atomic E-state index is 12.6. The van der Waals surface area contributed by atoms with Gasteiger partial charge in [-0.1, -0.05) is 11.8 Å². The van der Waals surface area contributed by atoms with Crippen molar-refractivity contribution in [3.05, 3.63) is 51.6 Å². The molecule has 1 heterocycles. The van der Waals surface area contributed by atoms with E-state index >= 15 is 0 Å². The Morgan fingerprint density at radius 2 is 1.89 bits per heavy atom. The molecule has 150 valence electrons. The molecule has 2 aromatic rings. The van der Waals surface area contributed by atoms with Gasteiger partial charge in [-0.25, -0.2) is 9.59 Å². The number of ether oxygens (including phenoxy) is 1. The second kappa shape index (κ2) is 8.91. The molecule has 2 rings (SSSR count). The van der Waals surface area contributed by atoms with Gasteiger partial charge in [0, 0.05) is 11.4 Å². The molecule has 1 aromatic heterocycles. The van der Waals surface area contributed by atoms with E-state index in [-0.39, 0.29) is 34.3 Å². The van der Waals surface area contributed by atoms with Gasteiger partial charge < -0.3 is 15.0 Å². The van der Waals surface area contributed by atoms with Crippen LogP contribution in [0.3, 0.4) is 0 Å². The van der Waals surface area contributed by atoms with Gasteiger partial charge in [0.1, 0.15) is 10.6 Å². The Labute approximate surface area is 161 Å². The number of aryl methyl sites for hydroxylation is 1. The zero-order chi connectivity index (χ0) is 20.9. The maximum absolute atomic E-state index is 12.6. The zero-order valence-corrected chi connectivity index (χ0v) is 15.7. The molecule has 28 heavy (non-hydrogen) atoms. The summed E-state index contributed by atoms with van der Waals surface area (Å²) < 4.78 is 42.6. The van der Waals surface area contributed by atoms with Gasteiger partial charge in [0.05, 0.1) is 17.9 Å². The first kappa shape index (κ1) is 21.5. The standard InChI is InChI=1S/C17H16F3N3O4S/c1-3-27-15(25)13-9(2)21-16(26)23-14(13)28-8-12(24)22-11-6-4-10(5-7-11)17(18,19)20/h4-7H,3,8H2,1-2H3,(H,22,24)(H,21,23,26). The van der Waals surface area contributed by atoms with Crippen LogP contribution in [0, 0.1) is 6.92 Å². The fraction of sp³-hybridized carbons (Fsp3) is 0.294. The molecule has 0 bridgehead atoms. The number of halogens is 3. The van der Waals surface area contributed by atoms with Crippen LogP contribution >= 0.6 is 11.8 Å². The highest BCUT2D eigenvalue weighted by Crippen LogP contribution is 2.30. The Hall–Kier alpha value is -2.82. The summed E-state index contributed by atoms with van der Waals surface area (Å²) in [5.41, 5.74) is -1.03. The van der Waals surface area contributed by atoms with Crippen LogP contribution in [-0.4, -0.2) is 34.2 Å². The van der Waals surface area contributed by atoms with Crippen LogP contribution in [0.15, 0.2) is 34.1 Å². The number of nitrogens with zero attached hydrogens (tertiary/aromatic N) is 1. The molecule has 7 nitrogen and oxygen atoms in total. The van der Waals surface area contributed by atoms with E-state index in [1.54, 1.807) is 6.92 Å². The molecule has 1 amide bonds. The first-order chi connectivity index (χ1) is 13.1. The number of rotatable bonds is 6. The molecule has 0 aliphatic rings. The fourth-order valence-corrected chi connectivity index (χ4v) is 3.05. The summed E-state index contributed by atoms with van der Waals surface area (Å²) in [5, 5.41) is 2.47. The molecule has 0 fully saturated rings. The van der Waals surface area contributed by atoms with Gasteiger partial charge in [0.15, 0.2) is 0 Å². The fourth-order valence-electron chi connectivity index (χ4n) is 2.18. The van der Waals surface area contributed by atoms with Crippen LogP contribution in [0.5, 0.6) is 0 Å². The van der Waals surface area contributed by atoms with Crippen molar-refractivity contribution in [1.82, 2.24) is 9.97 Å². The van der Waals surface area contributed by atoms with Crippen molar-refractivity contribution < 1.29 is 27.5 Å². The van der Waals surface area contributed by atoms with Crippen LogP contribution in [-0.2, 0) is 15.7 Å². The number of esters is 1. The number of amides is 1. The summed E-state index contributed by atoms with van der Waals surface area (Å²) in [7, 11) is 0. The SMILES string of the molecule is CCOC(=O)c1c(SCC(=O)Nc2ccc(C(F)(F)F)cc2)nc(=O)[nH]c1C. The number of benzene rings is 1. The molecule has 0 unspecified atom stereocenters. The number of alkyl halides is 3. The minimum Gasteiger partial charge on any atom is -0.462 e. The number of nitrogens with one attached hydrogen (secondary N) is 2. The second-order valence-electron chi connectivity index (χ2n) is 5.48. The molecule has 1 aromatic carbocycles. The molecular formula is C17H16F3N3O4S. The Bertz CT molecular complexity index is 927. The summed E-state index contributed by atoms with van der Waals surface area (Å²) >= 11 is 0.840. The number of carbonyl (C=O) groups is 2. The van der Waals surface area contributed by atoms with E-state index in [9.17, 15) is 27.6 Å². The van der Waals surface area contributed by atoms with Gasteiger partial charge in [0.2, 0.25) is 5.91 Å². The number of aromatic amines is 1. The van der Waals surface area contributed by atoms with Crippen molar-refractivity contribution in [2.24, 2.45) is 0 Å². The molecule has 0 aliphatic heterocycles. The normalized spacial score (nSPS) is 11.2. The van der Waals surface area contributed by atoms with Gasteiger partial charge in [-0.2, -0.15) is 18.2 Å². The number of hydrogen-bond acceptors (Lipinski definition) is 6. The number of aromatic nitrogens is 2. The summed E-state index contributed by atoms with van der Waals surface area (Å²) in [5.74, 6) is -1.45. The van der Waals surface area contributed by atoms with E-state index in [2.05, 4.69) is 15.3 Å². The van der Waals surface area contributed by atoms with Gasteiger partial charge >= 0.3 is 17.8 Å². The topological polar surface area (TPSA) is 101 Å². The number of anilines is 1. The van der Waals surface area contributed by atoms with Crippen molar-refractivity contribution in [2.75, 3.05) is 17.7 Å². The molecule has 0 saturated carbocycles. The van der Waals surface area contributed by atoms with Crippen molar-refractivity contribution in [3.8, 4) is 0 Å². The van der Waals surface area contributed by atoms with Gasteiger partial charge in [-0.3, -0.25) is 4.79 Å². The van der Waals surface area contributed by atoms with E-state index in [1.165, 1.54) is 6.92 Å². The van der Waals surface area contributed by atoms with E-state index in [0.717, 1.165) is 36.0 Å². The lowest BCUT2D eigenvalue weighted by atomic mass is 10.2. The van der Waals surface area contributed by atoms with Crippen LogP contribution in [0.25, 0.3) is 0 Å². The lowest BCUT2D eigenvalue weighted by molar-refractivity contribution is -0.137. The molecule has 0 spiro atoms. The first-order valence-electron chi connectivity index (χ1n) is 7.99. The summed E-state index contributed by atoms with van der Waals surface area (Å²) in [6.45, 7) is 3.24. The quantitative estimate of drug-likeness (QED) is 0.427. The molecular weight excluding hydrogens is 399 g/mol. The van der Waals surface area contributed by atoms with Crippen molar-refractivity contribution >= 4 is 29.3 Å². The van der Waals surface area contributed by atoms with Gasteiger partial charge in [0.25, 0.3) is 0 Å². The van der Waals surface area contributed by atoms with Crippen LogP contribution < -0.4 is 11.0 Å². The van der Waals surface area contributed by atoms with Crippen LogP contribution in [0.1, 0.15) is 28.5 Å². The number of carbonyl (C=O) groups excluding carboxylic acids is 2. The van der Waals surface area contributed by atoms with E-state index in [1.807, 2.05) is 0 Å².